The van der Waals surface area contributed by atoms with E-state index in [0.717, 1.165) is 35.1 Å². The lowest BCUT2D eigenvalue weighted by Crippen LogP contribution is -2.27. The Hall–Kier alpha value is -1.81. The third-order valence-corrected chi connectivity index (χ3v) is 4.57. The number of hydrogen-bond acceptors (Lipinski definition) is 2. The zero-order chi connectivity index (χ0) is 15.0. The highest BCUT2D eigenvalue weighted by atomic mass is 79.9. The molecule has 1 aliphatic rings. The van der Waals surface area contributed by atoms with Gasteiger partial charge in [0.1, 0.15) is 5.84 Å². The van der Waals surface area contributed by atoms with Gasteiger partial charge in [0.05, 0.1) is 11.3 Å². The fraction of sp³-hybridized carbons (Fsp3) is 0.235. The molecule has 2 aromatic rings. The van der Waals surface area contributed by atoms with Crippen LogP contribution in [0.2, 0.25) is 0 Å². The van der Waals surface area contributed by atoms with Gasteiger partial charge in [0.2, 0.25) is 0 Å². The van der Waals surface area contributed by atoms with Crippen molar-refractivity contribution >= 4 is 33.1 Å². The number of fused-ring (bicyclic) bond motifs is 1. The summed E-state index contributed by atoms with van der Waals surface area (Å²) in [6, 6.07) is 12.5. The Morgan fingerprint density at radius 1 is 1.24 bits per heavy atom. The van der Waals surface area contributed by atoms with Crippen molar-refractivity contribution < 1.29 is 0 Å². The second-order valence-electron chi connectivity index (χ2n) is 5.43. The average Bonchev–Trinajstić information content (AvgIpc) is 2.45. The number of amidine groups is 1. The maximum absolute atomic E-state index is 7.87. The van der Waals surface area contributed by atoms with E-state index < -0.39 is 0 Å². The number of nitrogens with one attached hydrogen (secondary N) is 1. The molecule has 4 heteroatoms. The molecule has 21 heavy (non-hydrogen) atoms. The summed E-state index contributed by atoms with van der Waals surface area (Å²) in [4.78, 5) is 2.28. The monoisotopic (exact) mass is 343 g/mol. The number of nitrogen functional groups attached to an aromatic ring is 1. The van der Waals surface area contributed by atoms with Crippen LogP contribution in [0.5, 0.6) is 0 Å². The van der Waals surface area contributed by atoms with Gasteiger partial charge >= 0.3 is 0 Å². The highest BCUT2D eigenvalue weighted by Crippen LogP contribution is 2.37. The SMILES string of the molecule is Cc1ccc2c(c1)CCCN2c1cccc(Br)c1C(=N)N. The Bertz CT molecular complexity index is 709. The summed E-state index contributed by atoms with van der Waals surface area (Å²) in [6.45, 7) is 3.08. The zero-order valence-corrected chi connectivity index (χ0v) is 13.6. The number of halogens is 1. The molecule has 0 fully saturated rings. The molecule has 0 spiro atoms. The van der Waals surface area contributed by atoms with Gasteiger partial charge in [-0.25, -0.2) is 0 Å². The second-order valence-corrected chi connectivity index (χ2v) is 6.29. The highest BCUT2D eigenvalue weighted by molar-refractivity contribution is 9.10. The van der Waals surface area contributed by atoms with Gasteiger partial charge in [-0.05, 0) is 59.5 Å². The Balaban J connectivity index is 2.16. The lowest BCUT2D eigenvalue weighted by Gasteiger charge is -2.33. The Kier molecular flexibility index (Phi) is 3.72. The zero-order valence-electron chi connectivity index (χ0n) is 12.0. The third-order valence-electron chi connectivity index (χ3n) is 3.91. The fourth-order valence-corrected chi connectivity index (χ4v) is 3.55. The topological polar surface area (TPSA) is 53.1 Å². The van der Waals surface area contributed by atoms with E-state index in [2.05, 4.69) is 46.0 Å². The van der Waals surface area contributed by atoms with Crippen LogP contribution in [0, 0.1) is 12.3 Å². The van der Waals surface area contributed by atoms with E-state index in [4.69, 9.17) is 11.1 Å². The number of nitrogens with zero attached hydrogens (tertiary/aromatic N) is 1. The van der Waals surface area contributed by atoms with Crippen LogP contribution in [0.1, 0.15) is 23.1 Å². The largest absolute Gasteiger partial charge is 0.384 e. The van der Waals surface area contributed by atoms with E-state index >= 15 is 0 Å². The quantitative estimate of drug-likeness (QED) is 0.636. The van der Waals surface area contributed by atoms with Gasteiger partial charge in [-0.15, -0.1) is 0 Å². The molecule has 0 aliphatic carbocycles. The minimum absolute atomic E-state index is 0.0942. The molecule has 1 aliphatic heterocycles. The van der Waals surface area contributed by atoms with E-state index in [9.17, 15) is 0 Å². The normalized spacial score (nSPS) is 13.9. The molecule has 0 radical (unpaired) electrons. The van der Waals surface area contributed by atoms with Crippen LogP contribution in [0.3, 0.4) is 0 Å². The predicted octanol–water partition coefficient (Wildman–Crippen LogP) is 4.13. The summed E-state index contributed by atoms with van der Waals surface area (Å²) in [5.74, 6) is 0.0942. The molecular formula is C17H18BrN3. The lowest BCUT2D eigenvalue weighted by molar-refractivity contribution is 0.765. The van der Waals surface area contributed by atoms with Gasteiger partial charge in [-0.2, -0.15) is 0 Å². The van der Waals surface area contributed by atoms with Crippen LogP contribution in [-0.4, -0.2) is 12.4 Å². The Labute approximate surface area is 133 Å². The molecule has 3 nitrogen and oxygen atoms in total. The highest BCUT2D eigenvalue weighted by Gasteiger charge is 2.22. The summed E-state index contributed by atoms with van der Waals surface area (Å²) >= 11 is 3.52. The van der Waals surface area contributed by atoms with E-state index in [0.29, 0.717) is 0 Å². The number of rotatable bonds is 2. The summed E-state index contributed by atoms with van der Waals surface area (Å²) in [7, 11) is 0. The third kappa shape index (κ3) is 2.56. The van der Waals surface area contributed by atoms with Crippen molar-refractivity contribution in [1.29, 1.82) is 5.41 Å². The van der Waals surface area contributed by atoms with Gasteiger partial charge in [-0.1, -0.05) is 23.8 Å². The fourth-order valence-electron chi connectivity index (χ4n) is 2.98. The summed E-state index contributed by atoms with van der Waals surface area (Å²) in [5, 5.41) is 7.87. The molecule has 0 amide bonds. The Morgan fingerprint density at radius 3 is 2.81 bits per heavy atom. The van der Waals surface area contributed by atoms with Gasteiger partial charge in [0.25, 0.3) is 0 Å². The maximum Gasteiger partial charge on any atom is 0.126 e. The first-order chi connectivity index (χ1) is 10.1. The molecular weight excluding hydrogens is 326 g/mol. The first-order valence-electron chi connectivity index (χ1n) is 7.08. The van der Waals surface area contributed by atoms with Crippen molar-refractivity contribution in [3.63, 3.8) is 0 Å². The predicted molar refractivity (Wildman–Crippen MR) is 91.7 cm³/mol. The van der Waals surface area contributed by atoms with Crippen LogP contribution in [0.4, 0.5) is 11.4 Å². The lowest BCUT2D eigenvalue weighted by atomic mass is 9.98. The van der Waals surface area contributed by atoms with Crippen molar-refractivity contribution in [2.24, 2.45) is 5.73 Å². The van der Waals surface area contributed by atoms with Crippen molar-refractivity contribution in [1.82, 2.24) is 0 Å². The molecule has 108 valence electrons. The molecule has 3 N–H and O–H groups in total. The number of nitrogens with two attached hydrogens (primary N) is 1. The minimum atomic E-state index is 0.0942. The first kappa shape index (κ1) is 14.1. The van der Waals surface area contributed by atoms with Crippen molar-refractivity contribution in [2.75, 3.05) is 11.4 Å². The molecule has 0 atom stereocenters. The van der Waals surface area contributed by atoms with Gasteiger partial charge in [0, 0.05) is 16.7 Å². The van der Waals surface area contributed by atoms with Crippen LogP contribution >= 0.6 is 15.9 Å². The maximum atomic E-state index is 7.87. The standard InChI is InChI=1S/C17H18BrN3/c1-11-7-8-14-12(10-11)4-3-9-21(14)15-6-2-5-13(18)16(15)17(19)20/h2,5-8,10H,3-4,9H2,1H3,(H3,19,20). The second kappa shape index (κ2) is 5.53. The minimum Gasteiger partial charge on any atom is -0.384 e. The molecule has 1 heterocycles. The molecule has 0 aromatic heterocycles. The molecule has 0 saturated carbocycles. The van der Waals surface area contributed by atoms with Crippen LogP contribution in [0.15, 0.2) is 40.9 Å². The van der Waals surface area contributed by atoms with E-state index in [-0.39, 0.29) is 5.84 Å². The number of anilines is 2. The molecule has 3 rings (SSSR count). The summed E-state index contributed by atoms with van der Waals surface area (Å²) < 4.78 is 0.867. The van der Waals surface area contributed by atoms with E-state index in [1.165, 1.54) is 16.8 Å². The molecule has 2 aromatic carbocycles. The molecule has 0 unspecified atom stereocenters. The van der Waals surface area contributed by atoms with Gasteiger partial charge in [0.15, 0.2) is 0 Å². The first-order valence-corrected chi connectivity index (χ1v) is 7.87. The van der Waals surface area contributed by atoms with E-state index in [1.54, 1.807) is 0 Å². The van der Waals surface area contributed by atoms with Gasteiger partial charge < -0.3 is 10.6 Å². The summed E-state index contributed by atoms with van der Waals surface area (Å²) in [6.07, 6.45) is 2.22. The van der Waals surface area contributed by atoms with Crippen LogP contribution in [-0.2, 0) is 6.42 Å². The Morgan fingerprint density at radius 2 is 2.05 bits per heavy atom. The molecule has 0 saturated heterocycles. The number of benzene rings is 2. The molecule has 0 bridgehead atoms. The van der Waals surface area contributed by atoms with Crippen LogP contribution < -0.4 is 10.6 Å². The van der Waals surface area contributed by atoms with E-state index in [1.807, 2.05) is 18.2 Å². The van der Waals surface area contributed by atoms with Crippen LogP contribution in [0.25, 0.3) is 0 Å². The average molecular weight is 344 g/mol. The van der Waals surface area contributed by atoms with Crippen molar-refractivity contribution in [3.8, 4) is 0 Å². The smallest absolute Gasteiger partial charge is 0.126 e. The van der Waals surface area contributed by atoms with Gasteiger partial charge in [-0.3, -0.25) is 5.41 Å². The number of hydrogen-bond donors (Lipinski definition) is 2. The van der Waals surface area contributed by atoms with Crippen molar-refractivity contribution in [2.45, 2.75) is 19.8 Å². The summed E-state index contributed by atoms with van der Waals surface area (Å²) in [5.41, 5.74) is 11.5. The van der Waals surface area contributed by atoms with Crippen molar-refractivity contribution in [3.05, 3.63) is 57.6 Å². The number of aryl methyl sites for hydroxylation is 2.